The summed E-state index contributed by atoms with van der Waals surface area (Å²) < 4.78 is 0. The van der Waals surface area contributed by atoms with Gasteiger partial charge in [-0.25, -0.2) is 0 Å². The predicted octanol–water partition coefficient (Wildman–Crippen LogP) is 4.97. The lowest BCUT2D eigenvalue weighted by Crippen LogP contribution is -2.23. The minimum atomic E-state index is 0. The van der Waals surface area contributed by atoms with Crippen LogP contribution >= 0.6 is 0 Å². The molecule has 0 radical (unpaired) electrons. The van der Waals surface area contributed by atoms with Crippen LogP contribution in [0.3, 0.4) is 0 Å². The van der Waals surface area contributed by atoms with E-state index in [2.05, 4.69) is 44.9 Å². The Morgan fingerprint density at radius 2 is 1.63 bits per heavy atom. The molecule has 0 aliphatic carbocycles. The minimum absolute atomic E-state index is 0. The van der Waals surface area contributed by atoms with Gasteiger partial charge in [-0.3, -0.25) is 0 Å². The molecule has 2 heteroatoms. The van der Waals surface area contributed by atoms with Gasteiger partial charge >= 0.3 is 0 Å². The highest BCUT2D eigenvalue weighted by Gasteiger charge is 1.97. The van der Waals surface area contributed by atoms with E-state index in [1.54, 1.807) is 0 Å². The molecule has 0 atom stereocenters. The summed E-state index contributed by atoms with van der Waals surface area (Å²) >= 11 is 0. The molecule has 2 nitrogen and oxygen atoms in total. The summed E-state index contributed by atoms with van der Waals surface area (Å²) in [6.07, 6.45) is 8.94. The predicted molar refractivity (Wildman–Crippen MR) is 91.7 cm³/mol. The van der Waals surface area contributed by atoms with Gasteiger partial charge in [0.1, 0.15) is 0 Å². The van der Waals surface area contributed by atoms with Crippen molar-refractivity contribution in [3.05, 3.63) is 12.3 Å². The molecule has 2 N–H and O–H groups in total. The van der Waals surface area contributed by atoms with Gasteiger partial charge in [-0.05, 0) is 44.6 Å². The molecule has 0 heterocycles. The van der Waals surface area contributed by atoms with Crippen molar-refractivity contribution in [1.82, 2.24) is 10.6 Å². The van der Waals surface area contributed by atoms with Crippen LogP contribution in [-0.2, 0) is 0 Å². The van der Waals surface area contributed by atoms with E-state index in [0.717, 1.165) is 25.4 Å². The summed E-state index contributed by atoms with van der Waals surface area (Å²) in [5, 5.41) is 6.91. The molecule has 0 saturated carbocycles. The zero-order valence-electron chi connectivity index (χ0n) is 13.7. The van der Waals surface area contributed by atoms with Gasteiger partial charge in [0.05, 0.1) is 0 Å². The highest BCUT2D eigenvalue weighted by Crippen LogP contribution is 2.07. The van der Waals surface area contributed by atoms with Crippen LogP contribution in [0.15, 0.2) is 12.3 Å². The number of nitrogens with one attached hydrogen (secondary N) is 2. The monoisotopic (exact) mass is 272 g/mol. The molecule has 0 bridgehead atoms. The molecular formula is C17H40N2. The van der Waals surface area contributed by atoms with E-state index in [1.165, 1.54) is 44.2 Å². The summed E-state index contributed by atoms with van der Waals surface area (Å²) in [6, 6.07) is 0.620. The Bertz CT molecular complexity index is 219. The van der Waals surface area contributed by atoms with Crippen molar-refractivity contribution >= 4 is 0 Å². The Hall–Kier alpha value is -0.500. The van der Waals surface area contributed by atoms with Crippen LogP contribution in [0.25, 0.3) is 0 Å². The Balaban J connectivity index is -0.00000162. The normalized spacial score (nSPS) is 11.3. The largest absolute Gasteiger partial charge is 0.389 e. The second-order valence-corrected chi connectivity index (χ2v) is 6.34. The van der Waals surface area contributed by atoms with Crippen molar-refractivity contribution in [1.29, 1.82) is 0 Å². The van der Waals surface area contributed by atoms with Crippen LogP contribution in [0.4, 0.5) is 0 Å². The molecule has 0 rings (SSSR count). The Morgan fingerprint density at radius 3 is 2.26 bits per heavy atom. The summed E-state index contributed by atoms with van der Waals surface area (Å²) in [6.45, 7) is 15.3. The second-order valence-electron chi connectivity index (χ2n) is 6.34. The Kier molecular flexibility index (Phi) is 12.2. The smallest absolute Gasteiger partial charge is 0.0143 e. The number of hydrogen-bond donors (Lipinski definition) is 2. The summed E-state index contributed by atoms with van der Waals surface area (Å²) in [4.78, 5) is 0. The summed E-state index contributed by atoms with van der Waals surface area (Å²) in [7, 11) is 0. The van der Waals surface area contributed by atoms with Gasteiger partial charge in [0, 0.05) is 21.1 Å². The second kappa shape index (κ2) is 12.5. The van der Waals surface area contributed by atoms with E-state index < -0.39 is 0 Å². The molecule has 0 aromatic carbocycles. The van der Waals surface area contributed by atoms with E-state index in [-0.39, 0.29) is 2.85 Å². The molecule has 0 spiro atoms. The SMILES string of the molecule is C=C(CCCCCCNC(C)C)NCCCC(C)C.[HH].[HH]. The lowest BCUT2D eigenvalue weighted by molar-refractivity contribution is 0.529. The maximum Gasteiger partial charge on any atom is 0.0143 e. The zero-order chi connectivity index (χ0) is 14.5. The maximum absolute atomic E-state index is 4.11. The van der Waals surface area contributed by atoms with Gasteiger partial charge in [0.2, 0.25) is 0 Å². The van der Waals surface area contributed by atoms with Crippen LogP contribution in [0.2, 0.25) is 0 Å². The van der Waals surface area contributed by atoms with Crippen LogP contribution in [0.5, 0.6) is 0 Å². The first kappa shape index (κ1) is 18.5. The summed E-state index contributed by atoms with van der Waals surface area (Å²) in [5.74, 6) is 0.814. The minimum Gasteiger partial charge on any atom is -0.389 e. The average Bonchev–Trinajstić information content (AvgIpc) is 2.33. The average molecular weight is 273 g/mol. The fourth-order valence-corrected chi connectivity index (χ4v) is 2.07. The number of allylic oxidation sites excluding steroid dienone is 1. The third-order valence-corrected chi connectivity index (χ3v) is 3.29. The molecule has 0 amide bonds. The van der Waals surface area contributed by atoms with E-state index >= 15 is 0 Å². The molecule has 19 heavy (non-hydrogen) atoms. The van der Waals surface area contributed by atoms with Gasteiger partial charge in [-0.1, -0.05) is 47.1 Å². The van der Waals surface area contributed by atoms with Gasteiger partial charge in [-0.2, -0.15) is 0 Å². The van der Waals surface area contributed by atoms with Gasteiger partial charge < -0.3 is 10.6 Å². The van der Waals surface area contributed by atoms with Crippen LogP contribution < -0.4 is 10.6 Å². The van der Waals surface area contributed by atoms with Crippen molar-refractivity contribution in [2.45, 2.75) is 78.7 Å². The van der Waals surface area contributed by atoms with Gasteiger partial charge in [0.25, 0.3) is 0 Å². The standard InChI is InChI=1S/C17H36N2.2H2/c1-15(2)11-10-14-19-17(5)12-8-6-7-9-13-18-16(3)4;;/h15-16,18-19H,5-14H2,1-4H3;2*1H. The maximum atomic E-state index is 4.11. The van der Waals surface area contributed by atoms with Gasteiger partial charge in [-0.15, -0.1) is 0 Å². The van der Waals surface area contributed by atoms with Crippen LogP contribution in [0.1, 0.15) is 75.5 Å². The van der Waals surface area contributed by atoms with Gasteiger partial charge in [0.15, 0.2) is 0 Å². The first-order chi connectivity index (χ1) is 9.02. The van der Waals surface area contributed by atoms with E-state index in [1.807, 2.05) is 0 Å². The molecule has 118 valence electrons. The summed E-state index contributed by atoms with van der Waals surface area (Å²) in [5.41, 5.74) is 1.23. The molecule has 0 aromatic heterocycles. The van der Waals surface area contributed by atoms with Crippen LogP contribution in [-0.4, -0.2) is 19.1 Å². The van der Waals surface area contributed by atoms with Crippen LogP contribution in [0, 0.1) is 5.92 Å². The van der Waals surface area contributed by atoms with Crippen molar-refractivity contribution in [3.63, 3.8) is 0 Å². The van der Waals surface area contributed by atoms with Crippen molar-refractivity contribution in [3.8, 4) is 0 Å². The Morgan fingerprint density at radius 1 is 0.947 bits per heavy atom. The third kappa shape index (κ3) is 15.4. The molecule has 0 aliphatic rings. The lowest BCUT2D eigenvalue weighted by Gasteiger charge is -2.11. The lowest BCUT2D eigenvalue weighted by atomic mass is 10.1. The quantitative estimate of drug-likeness (QED) is 0.463. The highest BCUT2D eigenvalue weighted by molar-refractivity contribution is 4.90. The first-order valence-electron chi connectivity index (χ1n) is 8.17. The number of rotatable bonds is 13. The first-order valence-corrected chi connectivity index (χ1v) is 8.17. The van der Waals surface area contributed by atoms with E-state index in [9.17, 15) is 0 Å². The third-order valence-electron chi connectivity index (χ3n) is 3.29. The molecule has 0 fully saturated rings. The topological polar surface area (TPSA) is 24.1 Å². The zero-order valence-corrected chi connectivity index (χ0v) is 13.7. The highest BCUT2D eigenvalue weighted by atomic mass is 14.9. The van der Waals surface area contributed by atoms with Crippen molar-refractivity contribution in [2.24, 2.45) is 5.92 Å². The molecule has 0 unspecified atom stereocenters. The molecule has 0 aliphatic heterocycles. The molecule has 0 aromatic rings. The fraction of sp³-hybridized carbons (Fsp3) is 0.882. The number of hydrogen-bond acceptors (Lipinski definition) is 2. The van der Waals surface area contributed by atoms with Crippen molar-refractivity contribution < 1.29 is 2.85 Å². The molecule has 0 saturated heterocycles. The fourth-order valence-electron chi connectivity index (χ4n) is 2.07. The van der Waals surface area contributed by atoms with Crippen molar-refractivity contribution in [2.75, 3.05) is 13.1 Å². The Labute approximate surface area is 124 Å². The van der Waals surface area contributed by atoms with E-state index in [4.69, 9.17) is 0 Å². The number of unbranched alkanes of at least 4 members (excludes halogenated alkanes) is 3. The molecular weight excluding hydrogens is 232 g/mol. The van der Waals surface area contributed by atoms with E-state index in [0.29, 0.717) is 6.04 Å².